The second kappa shape index (κ2) is 7.50. The first-order valence-corrected chi connectivity index (χ1v) is 9.21. The molecule has 4 heterocycles. The normalized spacial score (nSPS) is 22.5. The Morgan fingerprint density at radius 3 is 2.80 bits per heavy atom. The Morgan fingerprint density at radius 2 is 2.10 bits per heavy atom. The number of nitrogens with zero attached hydrogens (tertiary/aromatic N) is 3. The van der Waals surface area contributed by atoms with E-state index in [1.807, 2.05) is 10.2 Å². The highest BCUT2D eigenvalue weighted by atomic mass is 19.4. The minimum atomic E-state index is -4.53. The maximum Gasteiger partial charge on any atom is 0.405 e. The van der Waals surface area contributed by atoms with Crippen molar-refractivity contribution in [3.05, 3.63) is 47.8 Å². The summed E-state index contributed by atoms with van der Waals surface area (Å²) in [5.41, 5.74) is 0.672. The summed E-state index contributed by atoms with van der Waals surface area (Å²) in [6.07, 6.45) is 0.207. The van der Waals surface area contributed by atoms with Gasteiger partial charge in [0.25, 0.3) is 0 Å². The molecule has 0 radical (unpaired) electrons. The maximum atomic E-state index is 13.1. The minimum Gasteiger partial charge on any atom is -0.366 e. The van der Waals surface area contributed by atoms with Crippen molar-refractivity contribution < 1.29 is 27.2 Å². The number of fused-ring (bicyclic) bond motifs is 3. The molecule has 1 aromatic rings. The number of hydrogen-bond donors (Lipinski definition) is 3. The monoisotopic (exact) mass is 426 g/mol. The number of carbonyl (C=O) groups is 2. The second-order valence-corrected chi connectivity index (χ2v) is 7.10. The zero-order chi connectivity index (χ0) is 21.5. The largest absolute Gasteiger partial charge is 0.405 e. The number of anilines is 1. The molecule has 0 spiro atoms. The van der Waals surface area contributed by atoms with Gasteiger partial charge in [-0.2, -0.15) is 13.2 Å². The van der Waals surface area contributed by atoms with E-state index in [1.54, 1.807) is 6.08 Å². The van der Waals surface area contributed by atoms with Crippen molar-refractivity contribution in [3.63, 3.8) is 0 Å². The van der Waals surface area contributed by atoms with Gasteiger partial charge in [0.1, 0.15) is 30.0 Å². The van der Waals surface area contributed by atoms with Crippen LogP contribution in [0, 0.1) is 5.82 Å². The van der Waals surface area contributed by atoms with E-state index < -0.39 is 36.5 Å². The lowest BCUT2D eigenvalue weighted by Crippen LogP contribution is -2.56. The summed E-state index contributed by atoms with van der Waals surface area (Å²) in [5, 5.41) is 7.30. The smallest absolute Gasteiger partial charge is 0.366 e. The number of rotatable bonds is 3. The molecule has 30 heavy (non-hydrogen) atoms. The zero-order valence-corrected chi connectivity index (χ0v) is 15.5. The Hall–Kier alpha value is -3.31. The van der Waals surface area contributed by atoms with Crippen LogP contribution in [0.15, 0.2) is 42.0 Å². The number of pyridine rings is 1. The third-order valence-electron chi connectivity index (χ3n) is 5.02. The number of nitrogens with one attached hydrogen (secondary N) is 3. The molecule has 1 saturated heterocycles. The van der Waals surface area contributed by atoms with E-state index in [0.717, 1.165) is 12.3 Å². The quantitative estimate of drug-likeness (QED) is 0.638. The summed E-state index contributed by atoms with van der Waals surface area (Å²) in [7, 11) is 0. The molecule has 0 aromatic carbocycles. The van der Waals surface area contributed by atoms with Crippen LogP contribution >= 0.6 is 0 Å². The molecule has 4 rings (SSSR count). The number of aromatic nitrogens is 1. The lowest BCUT2D eigenvalue weighted by atomic mass is 10.1. The maximum absolute atomic E-state index is 13.1. The Kier molecular flexibility index (Phi) is 5.00. The standard InChI is InChI=1S/C18H18F4N6O2/c19-10-1-4-14(23-7-10)26-17(30)28-11-5-6-27(8-11)13-3-2-12(25-15(13)28)16(29)24-9-18(20,21)22/h1-4,7,11-12,25H,5-6,8-9H2,(H,24,29)(H,23,26,30). The Labute approximate surface area is 168 Å². The topological polar surface area (TPSA) is 89.6 Å². The summed E-state index contributed by atoms with van der Waals surface area (Å²) >= 11 is 0. The number of allylic oxidation sites excluding steroid dienone is 1. The van der Waals surface area contributed by atoms with E-state index in [-0.39, 0.29) is 11.9 Å². The molecule has 160 valence electrons. The molecule has 2 bridgehead atoms. The lowest BCUT2D eigenvalue weighted by molar-refractivity contribution is -0.138. The second-order valence-electron chi connectivity index (χ2n) is 7.10. The van der Waals surface area contributed by atoms with Crippen LogP contribution in [0.25, 0.3) is 0 Å². The van der Waals surface area contributed by atoms with Gasteiger partial charge in [-0.3, -0.25) is 15.0 Å². The number of dihydropyridines is 1. The molecule has 2 atom stereocenters. The van der Waals surface area contributed by atoms with Crippen molar-refractivity contribution in [2.24, 2.45) is 0 Å². The van der Waals surface area contributed by atoms with Crippen molar-refractivity contribution in [2.45, 2.75) is 24.7 Å². The van der Waals surface area contributed by atoms with Crippen LogP contribution in [0.2, 0.25) is 0 Å². The fourth-order valence-electron chi connectivity index (χ4n) is 3.67. The summed E-state index contributed by atoms with van der Waals surface area (Å²) in [5.74, 6) is -0.925. The molecule has 0 saturated carbocycles. The van der Waals surface area contributed by atoms with Crippen LogP contribution < -0.4 is 16.0 Å². The van der Waals surface area contributed by atoms with E-state index in [9.17, 15) is 27.2 Å². The van der Waals surface area contributed by atoms with Crippen LogP contribution in [0.1, 0.15) is 6.42 Å². The summed E-state index contributed by atoms with van der Waals surface area (Å²) in [6.45, 7) is -0.169. The van der Waals surface area contributed by atoms with Crippen molar-refractivity contribution in [1.29, 1.82) is 0 Å². The van der Waals surface area contributed by atoms with Crippen LogP contribution in [-0.2, 0) is 4.79 Å². The molecule has 0 aliphatic carbocycles. The first-order chi connectivity index (χ1) is 14.2. The summed E-state index contributed by atoms with van der Waals surface area (Å²) in [4.78, 5) is 32.4. The fraction of sp³-hybridized carbons (Fsp3) is 0.389. The van der Waals surface area contributed by atoms with Gasteiger partial charge < -0.3 is 15.5 Å². The van der Waals surface area contributed by atoms with Gasteiger partial charge in [0.2, 0.25) is 5.91 Å². The number of urea groups is 1. The molecule has 1 fully saturated rings. The lowest BCUT2D eigenvalue weighted by Gasteiger charge is -2.40. The molecule has 3 aliphatic heterocycles. The summed E-state index contributed by atoms with van der Waals surface area (Å²) in [6, 6.07) is 0.676. The SMILES string of the molecule is O=C(NCC(F)(F)F)C1C=CC2=C(N1)N(C(=O)Nc1ccc(F)cn1)C1CCN2C1. The number of hydrogen-bond acceptors (Lipinski definition) is 5. The number of halogens is 4. The zero-order valence-electron chi connectivity index (χ0n) is 15.5. The van der Waals surface area contributed by atoms with Gasteiger partial charge in [0.05, 0.1) is 17.9 Å². The van der Waals surface area contributed by atoms with E-state index in [4.69, 9.17) is 0 Å². The van der Waals surface area contributed by atoms with E-state index in [0.29, 0.717) is 31.0 Å². The molecule has 3 N–H and O–H groups in total. The predicted octanol–water partition coefficient (Wildman–Crippen LogP) is 1.52. The van der Waals surface area contributed by atoms with Gasteiger partial charge in [-0.15, -0.1) is 0 Å². The van der Waals surface area contributed by atoms with Crippen molar-refractivity contribution >= 4 is 17.8 Å². The average molecular weight is 426 g/mol. The van der Waals surface area contributed by atoms with Crippen molar-refractivity contribution in [2.75, 3.05) is 25.0 Å². The van der Waals surface area contributed by atoms with Gasteiger partial charge >= 0.3 is 12.2 Å². The number of alkyl halides is 3. The number of carbonyl (C=O) groups excluding carboxylic acids is 2. The van der Waals surface area contributed by atoms with Crippen LogP contribution in [0.3, 0.4) is 0 Å². The first-order valence-electron chi connectivity index (χ1n) is 9.21. The third kappa shape index (κ3) is 4.02. The van der Waals surface area contributed by atoms with Gasteiger partial charge in [-0.25, -0.2) is 14.2 Å². The van der Waals surface area contributed by atoms with Crippen molar-refractivity contribution in [3.8, 4) is 0 Å². The van der Waals surface area contributed by atoms with Crippen LogP contribution in [0.4, 0.5) is 28.2 Å². The molecule has 3 amide bonds. The molecular weight excluding hydrogens is 408 g/mol. The fourth-order valence-corrected chi connectivity index (χ4v) is 3.67. The molecular formula is C18H18F4N6O2. The highest BCUT2D eigenvalue weighted by Gasteiger charge is 2.42. The molecule has 3 aliphatic rings. The van der Waals surface area contributed by atoms with Gasteiger partial charge in [-0.1, -0.05) is 6.08 Å². The Bertz CT molecular complexity index is 914. The van der Waals surface area contributed by atoms with Crippen molar-refractivity contribution in [1.82, 2.24) is 25.4 Å². The molecule has 1 aromatic heterocycles. The number of amides is 3. The average Bonchev–Trinajstić information content (AvgIpc) is 3.11. The third-order valence-corrected chi connectivity index (χ3v) is 5.02. The van der Waals surface area contributed by atoms with Gasteiger partial charge in [0, 0.05) is 13.1 Å². The Balaban J connectivity index is 1.52. The van der Waals surface area contributed by atoms with Gasteiger partial charge in [0.15, 0.2) is 0 Å². The van der Waals surface area contributed by atoms with Crippen LogP contribution in [-0.4, -0.2) is 64.6 Å². The molecule has 8 nitrogen and oxygen atoms in total. The van der Waals surface area contributed by atoms with Crippen LogP contribution in [0.5, 0.6) is 0 Å². The minimum absolute atomic E-state index is 0.148. The highest BCUT2D eigenvalue weighted by Crippen LogP contribution is 2.33. The van der Waals surface area contributed by atoms with Gasteiger partial charge in [-0.05, 0) is 24.6 Å². The highest BCUT2D eigenvalue weighted by molar-refractivity contribution is 5.91. The molecule has 12 heteroatoms. The van der Waals surface area contributed by atoms with E-state index in [2.05, 4.69) is 15.6 Å². The van der Waals surface area contributed by atoms with E-state index >= 15 is 0 Å². The first kappa shape index (κ1) is 20.0. The van der Waals surface area contributed by atoms with E-state index in [1.165, 1.54) is 17.0 Å². The molecule has 2 unspecified atom stereocenters. The Morgan fingerprint density at radius 1 is 1.30 bits per heavy atom. The summed E-state index contributed by atoms with van der Waals surface area (Å²) < 4.78 is 50.3. The predicted molar refractivity (Wildman–Crippen MR) is 97.2 cm³/mol.